The molecule has 0 bridgehead atoms. The van der Waals surface area contributed by atoms with Crippen LogP contribution in [0.5, 0.6) is 0 Å². The van der Waals surface area contributed by atoms with Crippen LogP contribution in [-0.2, 0) is 14.8 Å². The lowest BCUT2D eigenvalue weighted by molar-refractivity contribution is -0.117. The van der Waals surface area contributed by atoms with E-state index in [0.717, 1.165) is 0 Å². The Balaban J connectivity index is 1.63. The fourth-order valence-corrected chi connectivity index (χ4v) is 3.68. The average molecular weight is 349 g/mol. The molecule has 2 aromatic rings. The topological polar surface area (TPSA) is 79.4 Å². The Morgan fingerprint density at radius 2 is 2.00 bits per heavy atom. The molecule has 8 heteroatoms. The Morgan fingerprint density at radius 1 is 1.25 bits per heavy atom. The van der Waals surface area contributed by atoms with Crippen LogP contribution in [0.4, 0.5) is 10.1 Å². The van der Waals surface area contributed by atoms with Gasteiger partial charge in [0, 0.05) is 37.6 Å². The van der Waals surface area contributed by atoms with Crippen molar-refractivity contribution in [3.63, 3.8) is 0 Å². The molecule has 2 heterocycles. The van der Waals surface area contributed by atoms with Gasteiger partial charge in [0.25, 0.3) is 0 Å². The summed E-state index contributed by atoms with van der Waals surface area (Å²) in [5.41, 5.74) is 0.610. The molecule has 0 spiro atoms. The van der Waals surface area contributed by atoms with Crippen molar-refractivity contribution in [2.24, 2.45) is 5.92 Å². The van der Waals surface area contributed by atoms with E-state index < -0.39 is 10.0 Å². The number of hydrogen-bond acceptors (Lipinski definition) is 4. The molecule has 1 fully saturated rings. The minimum atomic E-state index is -3.64. The fourth-order valence-electron chi connectivity index (χ4n) is 2.61. The van der Waals surface area contributed by atoms with E-state index in [0.29, 0.717) is 12.2 Å². The Kier molecular flexibility index (Phi) is 4.59. The van der Waals surface area contributed by atoms with Crippen LogP contribution < -0.4 is 9.62 Å². The summed E-state index contributed by atoms with van der Waals surface area (Å²) < 4.78 is 39.8. The second-order valence-corrected chi connectivity index (χ2v) is 7.36. The maximum atomic E-state index is 13.0. The number of sulfonamides is 1. The predicted molar refractivity (Wildman–Crippen MR) is 86.3 cm³/mol. The van der Waals surface area contributed by atoms with E-state index in [2.05, 4.69) is 9.71 Å². The number of carbonyl (C=O) groups excluding carboxylic acids is 1. The fraction of sp³-hybridized carbons (Fsp3) is 0.250. The van der Waals surface area contributed by atoms with Gasteiger partial charge in [0.2, 0.25) is 15.9 Å². The van der Waals surface area contributed by atoms with E-state index in [9.17, 15) is 17.6 Å². The zero-order chi connectivity index (χ0) is 17.2. The molecule has 1 aliphatic heterocycles. The van der Waals surface area contributed by atoms with Crippen LogP contribution in [0.2, 0.25) is 0 Å². The maximum absolute atomic E-state index is 13.0. The summed E-state index contributed by atoms with van der Waals surface area (Å²) >= 11 is 0. The van der Waals surface area contributed by atoms with Gasteiger partial charge in [0.1, 0.15) is 10.7 Å². The van der Waals surface area contributed by atoms with Gasteiger partial charge in [-0.1, -0.05) is 0 Å². The molecular formula is C16H16FN3O3S. The predicted octanol–water partition coefficient (Wildman–Crippen LogP) is 1.55. The molecular weight excluding hydrogens is 333 g/mol. The number of anilines is 1. The number of nitrogens with one attached hydrogen (secondary N) is 1. The smallest absolute Gasteiger partial charge is 0.242 e. The molecule has 24 heavy (non-hydrogen) atoms. The first-order valence-electron chi connectivity index (χ1n) is 7.41. The van der Waals surface area contributed by atoms with Crippen LogP contribution in [0.15, 0.2) is 53.7 Å². The molecule has 0 aliphatic carbocycles. The average Bonchev–Trinajstić information content (AvgIpc) is 2.96. The van der Waals surface area contributed by atoms with Crippen molar-refractivity contribution in [2.75, 3.05) is 18.0 Å². The first kappa shape index (κ1) is 16.5. The highest BCUT2D eigenvalue weighted by Gasteiger charge is 2.31. The van der Waals surface area contributed by atoms with Gasteiger partial charge in [0.05, 0.1) is 0 Å². The van der Waals surface area contributed by atoms with Gasteiger partial charge in [-0.15, -0.1) is 0 Å². The van der Waals surface area contributed by atoms with Crippen molar-refractivity contribution in [1.29, 1.82) is 0 Å². The van der Waals surface area contributed by atoms with Crippen LogP contribution in [-0.4, -0.2) is 32.4 Å². The molecule has 0 unspecified atom stereocenters. The monoisotopic (exact) mass is 349 g/mol. The molecule has 1 saturated heterocycles. The molecule has 0 radical (unpaired) electrons. The summed E-state index contributed by atoms with van der Waals surface area (Å²) in [5.74, 6) is -0.618. The van der Waals surface area contributed by atoms with E-state index >= 15 is 0 Å². The van der Waals surface area contributed by atoms with Crippen LogP contribution in [0.3, 0.4) is 0 Å². The summed E-state index contributed by atoms with van der Waals surface area (Å²) in [4.78, 5) is 17.5. The van der Waals surface area contributed by atoms with E-state index in [4.69, 9.17) is 0 Å². The number of amides is 1. The first-order chi connectivity index (χ1) is 11.5. The van der Waals surface area contributed by atoms with Gasteiger partial charge in [-0.05, 0) is 42.3 Å². The van der Waals surface area contributed by atoms with Gasteiger partial charge in [0.15, 0.2) is 0 Å². The van der Waals surface area contributed by atoms with Crippen molar-refractivity contribution in [3.05, 3.63) is 54.6 Å². The van der Waals surface area contributed by atoms with Crippen molar-refractivity contribution in [3.8, 4) is 0 Å². The number of benzene rings is 1. The van der Waals surface area contributed by atoms with Gasteiger partial charge < -0.3 is 4.90 Å². The lowest BCUT2D eigenvalue weighted by Gasteiger charge is -2.17. The molecule has 1 aromatic carbocycles. The molecule has 1 aromatic heterocycles. The van der Waals surface area contributed by atoms with Crippen molar-refractivity contribution >= 4 is 21.6 Å². The second kappa shape index (κ2) is 6.66. The quantitative estimate of drug-likeness (QED) is 0.888. The summed E-state index contributed by atoms with van der Waals surface area (Å²) in [5, 5.41) is 0. The van der Waals surface area contributed by atoms with Gasteiger partial charge in [-0.25, -0.2) is 17.5 Å². The zero-order valence-corrected chi connectivity index (χ0v) is 13.5. The normalized spacial score (nSPS) is 18.1. The zero-order valence-electron chi connectivity index (χ0n) is 12.7. The van der Waals surface area contributed by atoms with Gasteiger partial charge >= 0.3 is 0 Å². The van der Waals surface area contributed by atoms with E-state index in [-0.39, 0.29) is 35.5 Å². The molecule has 1 atom stereocenters. The van der Waals surface area contributed by atoms with Crippen molar-refractivity contribution in [2.45, 2.75) is 11.3 Å². The SMILES string of the molecule is O=C1C[C@H](CNS(=O)(=O)c2cccnc2)CN1c1ccc(F)cc1. The van der Waals surface area contributed by atoms with Crippen LogP contribution >= 0.6 is 0 Å². The molecule has 3 rings (SSSR count). The maximum Gasteiger partial charge on any atom is 0.242 e. The summed E-state index contributed by atoms with van der Waals surface area (Å²) in [6.45, 7) is 0.542. The van der Waals surface area contributed by atoms with Crippen molar-refractivity contribution in [1.82, 2.24) is 9.71 Å². The van der Waals surface area contributed by atoms with Crippen molar-refractivity contribution < 1.29 is 17.6 Å². The van der Waals surface area contributed by atoms with Crippen LogP contribution in [0, 0.1) is 11.7 Å². The highest BCUT2D eigenvalue weighted by molar-refractivity contribution is 7.89. The lowest BCUT2D eigenvalue weighted by Crippen LogP contribution is -2.31. The highest BCUT2D eigenvalue weighted by atomic mass is 32.2. The molecule has 6 nitrogen and oxygen atoms in total. The van der Waals surface area contributed by atoms with Gasteiger partial charge in [-0.2, -0.15) is 0 Å². The summed E-state index contributed by atoms with van der Waals surface area (Å²) in [6.07, 6.45) is 3.01. The minimum Gasteiger partial charge on any atom is -0.312 e. The number of rotatable bonds is 5. The first-order valence-corrected chi connectivity index (χ1v) is 8.89. The number of carbonyl (C=O) groups is 1. The van der Waals surface area contributed by atoms with E-state index in [1.165, 1.54) is 42.7 Å². The molecule has 0 saturated carbocycles. The second-order valence-electron chi connectivity index (χ2n) is 5.59. The van der Waals surface area contributed by atoms with Gasteiger partial charge in [-0.3, -0.25) is 9.78 Å². The Bertz CT molecular complexity index is 825. The number of pyridine rings is 1. The van der Waals surface area contributed by atoms with E-state index in [1.54, 1.807) is 11.0 Å². The number of hydrogen-bond donors (Lipinski definition) is 1. The minimum absolute atomic E-state index is 0.0877. The number of halogens is 1. The number of aromatic nitrogens is 1. The lowest BCUT2D eigenvalue weighted by atomic mass is 10.1. The number of nitrogens with zero attached hydrogens (tertiary/aromatic N) is 2. The third kappa shape index (κ3) is 3.60. The highest BCUT2D eigenvalue weighted by Crippen LogP contribution is 2.25. The Labute approximate surface area is 139 Å². The largest absolute Gasteiger partial charge is 0.312 e. The van der Waals surface area contributed by atoms with Crippen LogP contribution in [0.1, 0.15) is 6.42 Å². The third-order valence-corrected chi connectivity index (χ3v) is 5.26. The molecule has 126 valence electrons. The molecule has 1 N–H and O–H groups in total. The molecule has 1 aliphatic rings. The van der Waals surface area contributed by atoms with E-state index in [1.807, 2.05) is 0 Å². The summed E-state index contributed by atoms with van der Waals surface area (Å²) in [7, 11) is -3.64. The summed E-state index contributed by atoms with van der Waals surface area (Å²) in [6, 6.07) is 8.66. The van der Waals surface area contributed by atoms with Crippen LogP contribution in [0.25, 0.3) is 0 Å². The standard InChI is InChI=1S/C16H16FN3O3S/c17-13-3-5-14(6-4-13)20-11-12(8-16(20)21)9-19-24(22,23)15-2-1-7-18-10-15/h1-7,10,12,19H,8-9,11H2/t12-/m1/s1. The Morgan fingerprint density at radius 3 is 2.67 bits per heavy atom. The molecule has 1 amide bonds. The third-order valence-electron chi connectivity index (χ3n) is 3.85. The Hall–Kier alpha value is -2.32.